The van der Waals surface area contributed by atoms with Crippen molar-refractivity contribution in [3.63, 3.8) is 0 Å². The van der Waals surface area contributed by atoms with Crippen LogP contribution in [0.1, 0.15) is 12.8 Å². The average Bonchev–Trinajstić information content (AvgIpc) is 2.71. The summed E-state index contributed by atoms with van der Waals surface area (Å²) in [5, 5.41) is 3.38. The van der Waals surface area contributed by atoms with Gasteiger partial charge >= 0.3 is 0 Å². The molecule has 2 heteroatoms. The topological polar surface area (TPSA) is 24.6 Å². The van der Waals surface area contributed by atoms with Crippen molar-refractivity contribution in [2.75, 3.05) is 19.7 Å². The first-order chi connectivity index (χ1) is 4.47. The van der Waals surface area contributed by atoms with E-state index in [1.165, 1.54) is 25.9 Å². The number of epoxide rings is 1. The Balaban J connectivity index is 1.80. The van der Waals surface area contributed by atoms with Crippen LogP contribution in [-0.4, -0.2) is 25.8 Å². The molecule has 2 nitrogen and oxygen atoms in total. The lowest BCUT2D eigenvalue weighted by molar-refractivity contribution is 0.279. The minimum atomic E-state index is 0.623. The van der Waals surface area contributed by atoms with E-state index in [1.807, 2.05) is 0 Å². The molecular formula is C7H13NO. The van der Waals surface area contributed by atoms with Crippen LogP contribution in [0.25, 0.3) is 0 Å². The SMILES string of the molecule is C1CNCC(C2CO2)C1. The zero-order chi connectivity index (χ0) is 6.10. The van der Waals surface area contributed by atoms with Crippen molar-refractivity contribution < 1.29 is 4.74 Å². The maximum absolute atomic E-state index is 5.21. The Hall–Kier alpha value is -0.0800. The van der Waals surface area contributed by atoms with Gasteiger partial charge in [-0.05, 0) is 25.3 Å². The van der Waals surface area contributed by atoms with Gasteiger partial charge in [0.25, 0.3) is 0 Å². The lowest BCUT2D eigenvalue weighted by atomic mass is 9.97. The highest BCUT2D eigenvalue weighted by Crippen LogP contribution is 2.25. The molecule has 2 saturated heterocycles. The molecule has 9 heavy (non-hydrogen) atoms. The van der Waals surface area contributed by atoms with Crippen molar-refractivity contribution >= 4 is 0 Å². The molecule has 0 bridgehead atoms. The van der Waals surface area contributed by atoms with Crippen LogP contribution in [-0.2, 0) is 4.74 Å². The molecule has 0 aromatic heterocycles. The smallest absolute Gasteiger partial charge is 0.0850 e. The Kier molecular flexibility index (Phi) is 1.44. The maximum Gasteiger partial charge on any atom is 0.0850 e. The average molecular weight is 127 g/mol. The molecule has 0 spiro atoms. The summed E-state index contributed by atoms with van der Waals surface area (Å²) in [4.78, 5) is 0. The van der Waals surface area contributed by atoms with Gasteiger partial charge in [0, 0.05) is 6.54 Å². The molecule has 2 unspecified atom stereocenters. The summed E-state index contributed by atoms with van der Waals surface area (Å²) in [6, 6.07) is 0. The summed E-state index contributed by atoms with van der Waals surface area (Å²) < 4.78 is 5.21. The van der Waals surface area contributed by atoms with Crippen molar-refractivity contribution in [3.8, 4) is 0 Å². The fourth-order valence-electron chi connectivity index (χ4n) is 1.52. The van der Waals surface area contributed by atoms with E-state index in [9.17, 15) is 0 Å². The quantitative estimate of drug-likeness (QED) is 0.515. The highest BCUT2D eigenvalue weighted by atomic mass is 16.6. The molecule has 2 aliphatic rings. The predicted molar refractivity (Wildman–Crippen MR) is 35.3 cm³/mol. The zero-order valence-electron chi connectivity index (χ0n) is 5.60. The molecule has 0 radical (unpaired) electrons. The van der Waals surface area contributed by atoms with Crippen LogP contribution in [0.15, 0.2) is 0 Å². The first-order valence-electron chi connectivity index (χ1n) is 3.79. The number of ether oxygens (including phenoxy) is 1. The van der Waals surface area contributed by atoms with E-state index in [0.29, 0.717) is 6.10 Å². The molecule has 0 aromatic carbocycles. The summed E-state index contributed by atoms with van der Waals surface area (Å²) in [6.07, 6.45) is 3.33. The molecule has 2 aliphatic heterocycles. The third kappa shape index (κ3) is 1.25. The fourth-order valence-corrected chi connectivity index (χ4v) is 1.52. The van der Waals surface area contributed by atoms with E-state index in [4.69, 9.17) is 4.74 Å². The van der Waals surface area contributed by atoms with E-state index in [1.54, 1.807) is 0 Å². The Bertz CT molecular complexity index is 95.1. The second kappa shape index (κ2) is 2.27. The molecule has 52 valence electrons. The molecule has 2 heterocycles. The highest BCUT2D eigenvalue weighted by molar-refractivity contribution is 4.83. The second-order valence-corrected chi connectivity index (χ2v) is 2.98. The van der Waals surface area contributed by atoms with E-state index in [-0.39, 0.29) is 0 Å². The fraction of sp³-hybridized carbons (Fsp3) is 1.00. The highest BCUT2D eigenvalue weighted by Gasteiger charge is 2.32. The summed E-state index contributed by atoms with van der Waals surface area (Å²) in [7, 11) is 0. The molecule has 0 saturated carbocycles. The third-order valence-corrected chi connectivity index (χ3v) is 2.22. The molecule has 0 aliphatic carbocycles. The van der Waals surface area contributed by atoms with Crippen molar-refractivity contribution in [1.29, 1.82) is 0 Å². The van der Waals surface area contributed by atoms with Gasteiger partial charge in [-0.25, -0.2) is 0 Å². The normalized spacial score (nSPS) is 42.7. The molecule has 0 amide bonds. The van der Waals surface area contributed by atoms with Crippen LogP contribution in [0.5, 0.6) is 0 Å². The number of nitrogens with one attached hydrogen (secondary N) is 1. The van der Waals surface area contributed by atoms with Crippen LogP contribution in [0.3, 0.4) is 0 Å². The summed E-state index contributed by atoms with van der Waals surface area (Å²) in [5.41, 5.74) is 0. The van der Waals surface area contributed by atoms with Gasteiger partial charge in [0.1, 0.15) is 0 Å². The number of hydrogen-bond acceptors (Lipinski definition) is 2. The second-order valence-electron chi connectivity index (χ2n) is 2.98. The molecule has 1 N–H and O–H groups in total. The Morgan fingerprint density at radius 1 is 1.44 bits per heavy atom. The Morgan fingerprint density at radius 2 is 2.33 bits per heavy atom. The summed E-state index contributed by atoms with van der Waals surface area (Å²) in [5.74, 6) is 0.832. The van der Waals surface area contributed by atoms with Crippen LogP contribution in [0, 0.1) is 5.92 Å². The number of hydrogen-bond donors (Lipinski definition) is 1. The van der Waals surface area contributed by atoms with Gasteiger partial charge in [0.2, 0.25) is 0 Å². The van der Waals surface area contributed by atoms with Gasteiger partial charge in [-0.2, -0.15) is 0 Å². The molecular weight excluding hydrogens is 114 g/mol. The van der Waals surface area contributed by atoms with Crippen molar-refractivity contribution in [3.05, 3.63) is 0 Å². The Morgan fingerprint density at radius 3 is 2.89 bits per heavy atom. The summed E-state index contributed by atoms with van der Waals surface area (Å²) in [6.45, 7) is 3.42. The van der Waals surface area contributed by atoms with Crippen LogP contribution in [0.2, 0.25) is 0 Å². The lowest BCUT2D eigenvalue weighted by Crippen LogP contribution is -2.32. The molecule has 0 aromatic rings. The van der Waals surface area contributed by atoms with Crippen molar-refractivity contribution in [2.24, 2.45) is 5.92 Å². The third-order valence-electron chi connectivity index (χ3n) is 2.22. The lowest BCUT2D eigenvalue weighted by Gasteiger charge is -2.20. The first-order valence-corrected chi connectivity index (χ1v) is 3.79. The number of piperidine rings is 1. The minimum Gasteiger partial charge on any atom is -0.373 e. The van der Waals surface area contributed by atoms with E-state index >= 15 is 0 Å². The van der Waals surface area contributed by atoms with Gasteiger partial charge in [-0.15, -0.1) is 0 Å². The van der Waals surface area contributed by atoms with E-state index in [0.717, 1.165) is 12.5 Å². The maximum atomic E-state index is 5.21. The first kappa shape index (κ1) is 5.69. The van der Waals surface area contributed by atoms with Gasteiger partial charge in [-0.3, -0.25) is 0 Å². The molecule has 2 fully saturated rings. The van der Waals surface area contributed by atoms with Gasteiger partial charge in [0.15, 0.2) is 0 Å². The number of rotatable bonds is 1. The predicted octanol–water partition coefficient (Wildman–Crippen LogP) is 0.385. The summed E-state index contributed by atoms with van der Waals surface area (Å²) >= 11 is 0. The molecule has 2 atom stereocenters. The van der Waals surface area contributed by atoms with E-state index < -0.39 is 0 Å². The van der Waals surface area contributed by atoms with Crippen LogP contribution >= 0.6 is 0 Å². The van der Waals surface area contributed by atoms with Crippen molar-refractivity contribution in [1.82, 2.24) is 5.32 Å². The van der Waals surface area contributed by atoms with Crippen LogP contribution < -0.4 is 5.32 Å². The minimum absolute atomic E-state index is 0.623. The van der Waals surface area contributed by atoms with Gasteiger partial charge in [-0.1, -0.05) is 0 Å². The zero-order valence-corrected chi connectivity index (χ0v) is 5.60. The van der Waals surface area contributed by atoms with Crippen molar-refractivity contribution in [2.45, 2.75) is 18.9 Å². The Labute approximate surface area is 55.6 Å². The largest absolute Gasteiger partial charge is 0.373 e. The van der Waals surface area contributed by atoms with Crippen LogP contribution in [0.4, 0.5) is 0 Å². The molecule has 2 rings (SSSR count). The van der Waals surface area contributed by atoms with Gasteiger partial charge < -0.3 is 10.1 Å². The van der Waals surface area contributed by atoms with Gasteiger partial charge in [0.05, 0.1) is 12.7 Å². The standard InChI is InChI=1S/C7H13NO/c1-2-6(4-8-3-1)7-5-9-7/h6-8H,1-5H2. The monoisotopic (exact) mass is 127 g/mol. The van der Waals surface area contributed by atoms with E-state index in [2.05, 4.69) is 5.32 Å².